The van der Waals surface area contributed by atoms with Crippen molar-refractivity contribution in [1.82, 2.24) is 14.9 Å². The standard InChI is InChI=1S/C12H19N3OS/c1-9-11(17-15-14-9)12(16)13-10-7-5-3-2-4-6-8-10/h10H,2-8H2,1H3,(H,13,16). The topological polar surface area (TPSA) is 54.9 Å². The molecule has 0 spiro atoms. The average Bonchev–Trinajstić information content (AvgIpc) is 2.68. The Morgan fingerprint density at radius 3 is 2.47 bits per heavy atom. The Labute approximate surface area is 106 Å². The van der Waals surface area contributed by atoms with E-state index in [4.69, 9.17) is 0 Å². The van der Waals surface area contributed by atoms with Gasteiger partial charge in [-0.15, -0.1) is 5.10 Å². The molecule has 1 saturated carbocycles. The van der Waals surface area contributed by atoms with E-state index >= 15 is 0 Å². The molecule has 0 bridgehead atoms. The Morgan fingerprint density at radius 2 is 1.88 bits per heavy atom. The number of amides is 1. The van der Waals surface area contributed by atoms with E-state index < -0.39 is 0 Å². The molecule has 94 valence electrons. The van der Waals surface area contributed by atoms with Crippen LogP contribution in [0.2, 0.25) is 0 Å². The second-order valence-corrected chi connectivity index (χ2v) is 5.46. The van der Waals surface area contributed by atoms with Gasteiger partial charge in [-0.2, -0.15) is 0 Å². The third kappa shape index (κ3) is 3.49. The van der Waals surface area contributed by atoms with Gasteiger partial charge >= 0.3 is 0 Å². The van der Waals surface area contributed by atoms with Crippen molar-refractivity contribution >= 4 is 17.4 Å². The second kappa shape index (κ2) is 6.10. The number of aromatic nitrogens is 2. The van der Waals surface area contributed by atoms with Gasteiger partial charge in [-0.1, -0.05) is 36.6 Å². The van der Waals surface area contributed by atoms with Gasteiger partial charge in [0.25, 0.3) is 5.91 Å². The van der Waals surface area contributed by atoms with Gasteiger partial charge in [0.1, 0.15) is 4.88 Å². The normalized spacial score (nSPS) is 18.4. The van der Waals surface area contributed by atoms with E-state index in [1.807, 2.05) is 6.92 Å². The summed E-state index contributed by atoms with van der Waals surface area (Å²) in [5.41, 5.74) is 0.735. The van der Waals surface area contributed by atoms with E-state index in [1.54, 1.807) is 0 Å². The van der Waals surface area contributed by atoms with E-state index in [2.05, 4.69) is 14.9 Å². The molecule has 1 amide bonds. The Hall–Kier alpha value is -0.970. The Kier molecular flexibility index (Phi) is 4.48. The summed E-state index contributed by atoms with van der Waals surface area (Å²) in [4.78, 5) is 12.7. The van der Waals surface area contributed by atoms with E-state index in [-0.39, 0.29) is 5.91 Å². The van der Waals surface area contributed by atoms with Gasteiger partial charge in [-0.3, -0.25) is 4.79 Å². The molecular formula is C12H19N3OS. The van der Waals surface area contributed by atoms with Crippen LogP contribution >= 0.6 is 11.5 Å². The van der Waals surface area contributed by atoms with Crippen LogP contribution in [0.3, 0.4) is 0 Å². The number of nitrogens with one attached hydrogen (secondary N) is 1. The molecule has 0 atom stereocenters. The molecule has 4 nitrogen and oxygen atoms in total. The number of carbonyl (C=O) groups is 1. The fourth-order valence-electron chi connectivity index (χ4n) is 2.29. The Bertz CT molecular complexity index is 370. The predicted molar refractivity (Wildman–Crippen MR) is 68.2 cm³/mol. The average molecular weight is 253 g/mol. The van der Waals surface area contributed by atoms with Gasteiger partial charge in [-0.25, -0.2) is 0 Å². The van der Waals surface area contributed by atoms with Crippen LogP contribution in [0.25, 0.3) is 0 Å². The Morgan fingerprint density at radius 1 is 1.24 bits per heavy atom. The molecule has 1 aliphatic rings. The molecule has 0 aliphatic heterocycles. The molecule has 1 aromatic heterocycles. The summed E-state index contributed by atoms with van der Waals surface area (Å²) in [6.07, 6.45) is 8.61. The number of carbonyl (C=O) groups excluding carboxylic acids is 1. The minimum absolute atomic E-state index is 0.00285. The van der Waals surface area contributed by atoms with Crippen LogP contribution in [0.15, 0.2) is 0 Å². The molecule has 1 fully saturated rings. The molecule has 1 aromatic rings. The molecule has 5 heteroatoms. The van der Waals surface area contributed by atoms with E-state index in [1.165, 1.54) is 43.6 Å². The van der Waals surface area contributed by atoms with Gasteiger partial charge in [0.05, 0.1) is 5.69 Å². The first-order valence-corrected chi connectivity index (χ1v) is 7.14. The molecular weight excluding hydrogens is 234 g/mol. The summed E-state index contributed by atoms with van der Waals surface area (Å²) in [6.45, 7) is 1.83. The smallest absolute Gasteiger partial charge is 0.265 e. The number of rotatable bonds is 2. The summed E-state index contributed by atoms with van der Waals surface area (Å²) in [5, 5.41) is 6.99. The highest BCUT2D eigenvalue weighted by Gasteiger charge is 2.18. The lowest BCUT2D eigenvalue weighted by Gasteiger charge is -2.20. The molecule has 1 heterocycles. The molecule has 0 saturated heterocycles. The molecule has 1 N–H and O–H groups in total. The number of hydrogen-bond donors (Lipinski definition) is 1. The lowest BCUT2D eigenvalue weighted by atomic mass is 9.97. The maximum Gasteiger partial charge on any atom is 0.265 e. The highest BCUT2D eigenvalue weighted by Crippen LogP contribution is 2.18. The third-order valence-electron chi connectivity index (χ3n) is 3.30. The van der Waals surface area contributed by atoms with Crippen molar-refractivity contribution in [2.24, 2.45) is 0 Å². The van der Waals surface area contributed by atoms with Crippen molar-refractivity contribution in [3.8, 4) is 0 Å². The summed E-state index contributed by atoms with van der Waals surface area (Å²) < 4.78 is 3.80. The SMILES string of the molecule is Cc1nnsc1C(=O)NC1CCCCCCC1. The molecule has 0 aromatic carbocycles. The van der Waals surface area contributed by atoms with Crippen molar-refractivity contribution in [3.63, 3.8) is 0 Å². The van der Waals surface area contributed by atoms with Crippen molar-refractivity contribution in [2.45, 2.75) is 57.9 Å². The van der Waals surface area contributed by atoms with Crippen molar-refractivity contribution in [1.29, 1.82) is 0 Å². The molecule has 0 radical (unpaired) electrons. The van der Waals surface area contributed by atoms with Crippen LogP contribution in [0.1, 0.15) is 60.3 Å². The first-order valence-electron chi connectivity index (χ1n) is 6.37. The number of nitrogens with zero attached hydrogens (tertiary/aromatic N) is 2. The summed E-state index contributed by atoms with van der Waals surface area (Å²) in [7, 11) is 0. The molecule has 2 rings (SSSR count). The van der Waals surface area contributed by atoms with Crippen LogP contribution < -0.4 is 5.32 Å². The van der Waals surface area contributed by atoms with Crippen molar-refractivity contribution in [3.05, 3.63) is 10.6 Å². The Balaban J connectivity index is 1.91. The van der Waals surface area contributed by atoms with Gasteiger partial charge < -0.3 is 5.32 Å². The summed E-state index contributed by atoms with van der Waals surface area (Å²) >= 11 is 1.18. The molecule has 17 heavy (non-hydrogen) atoms. The first kappa shape index (κ1) is 12.5. The second-order valence-electron chi connectivity index (χ2n) is 4.70. The summed E-state index contributed by atoms with van der Waals surface area (Å²) in [5.74, 6) is 0.00285. The van der Waals surface area contributed by atoms with E-state index in [9.17, 15) is 4.79 Å². The number of aryl methyl sites for hydroxylation is 1. The largest absolute Gasteiger partial charge is 0.349 e. The van der Waals surface area contributed by atoms with Crippen LogP contribution in [-0.2, 0) is 0 Å². The van der Waals surface area contributed by atoms with Crippen molar-refractivity contribution < 1.29 is 4.79 Å². The maximum atomic E-state index is 12.0. The minimum Gasteiger partial charge on any atom is -0.349 e. The van der Waals surface area contributed by atoms with Crippen LogP contribution in [0.4, 0.5) is 0 Å². The van der Waals surface area contributed by atoms with Crippen LogP contribution in [0.5, 0.6) is 0 Å². The zero-order valence-electron chi connectivity index (χ0n) is 10.2. The van der Waals surface area contributed by atoms with Crippen LogP contribution in [-0.4, -0.2) is 21.5 Å². The van der Waals surface area contributed by atoms with E-state index in [0.29, 0.717) is 10.9 Å². The third-order valence-corrected chi connectivity index (χ3v) is 4.12. The highest BCUT2D eigenvalue weighted by molar-refractivity contribution is 7.07. The predicted octanol–water partition coefficient (Wildman–Crippen LogP) is 2.69. The lowest BCUT2D eigenvalue weighted by molar-refractivity contribution is 0.0934. The van der Waals surface area contributed by atoms with Crippen molar-refractivity contribution in [2.75, 3.05) is 0 Å². The van der Waals surface area contributed by atoms with Gasteiger partial charge in [0.15, 0.2) is 0 Å². The van der Waals surface area contributed by atoms with Gasteiger partial charge in [0.2, 0.25) is 0 Å². The highest BCUT2D eigenvalue weighted by atomic mass is 32.1. The zero-order chi connectivity index (χ0) is 12.1. The van der Waals surface area contributed by atoms with Crippen LogP contribution in [0, 0.1) is 6.92 Å². The van der Waals surface area contributed by atoms with Gasteiger partial charge in [-0.05, 0) is 31.3 Å². The fraction of sp³-hybridized carbons (Fsp3) is 0.750. The fourth-order valence-corrected chi connectivity index (χ4v) is 2.85. The number of hydrogen-bond acceptors (Lipinski definition) is 4. The first-order chi connectivity index (χ1) is 8.27. The van der Waals surface area contributed by atoms with E-state index in [0.717, 1.165) is 18.5 Å². The molecule has 0 unspecified atom stereocenters. The monoisotopic (exact) mass is 253 g/mol. The minimum atomic E-state index is 0.00285. The van der Waals surface area contributed by atoms with Gasteiger partial charge in [0, 0.05) is 6.04 Å². The molecule has 1 aliphatic carbocycles. The lowest BCUT2D eigenvalue weighted by Crippen LogP contribution is -2.35. The quantitative estimate of drug-likeness (QED) is 0.881. The summed E-state index contributed by atoms with van der Waals surface area (Å²) in [6, 6.07) is 0.337. The maximum absolute atomic E-state index is 12.0. The zero-order valence-corrected chi connectivity index (χ0v) is 11.1.